The van der Waals surface area contributed by atoms with Gasteiger partial charge in [0.2, 0.25) is 21.8 Å². The molecule has 3 aliphatic heterocycles. The topological polar surface area (TPSA) is 173 Å². The molecule has 7 rings (SSSR count). The minimum atomic E-state index is -4.90. The van der Waals surface area contributed by atoms with Gasteiger partial charge in [-0.3, -0.25) is 19.1 Å². The molecule has 5 aliphatic rings. The Morgan fingerprint density at radius 3 is 2.52 bits per heavy atom. The van der Waals surface area contributed by atoms with Gasteiger partial charge < -0.3 is 25.0 Å². The van der Waals surface area contributed by atoms with Gasteiger partial charge >= 0.3 is 12.3 Å². The number of sulfonamides is 1. The van der Waals surface area contributed by atoms with Crippen LogP contribution in [0, 0.1) is 18.8 Å². The number of carbonyl (C=O) groups excluding carboxylic acids is 4. The van der Waals surface area contributed by atoms with Gasteiger partial charge in [-0.1, -0.05) is 50.5 Å². The van der Waals surface area contributed by atoms with Crippen LogP contribution in [0.25, 0.3) is 10.9 Å². The van der Waals surface area contributed by atoms with Gasteiger partial charge in [-0.05, 0) is 90.2 Å². The first kappa shape index (κ1) is 41.7. The predicted octanol–water partition coefficient (Wildman–Crippen LogP) is 5.76. The molecule has 0 radical (unpaired) electrons. The van der Waals surface area contributed by atoms with Gasteiger partial charge in [0, 0.05) is 23.3 Å². The summed E-state index contributed by atoms with van der Waals surface area (Å²) in [5.74, 6) is -3.39. The third-order valence-electron chi connectivity index (χ3n) is 12.8. The van der Waals surface area contributed by atoms with Crippen LogP contribution in [-0.4, -0.2) is 82.7 Å². The van der Waals surface area contributed by atoms with E-state index in [4.69, 9.17) is 9.47 Å². The number of alkyl halides is 3. The zero-order valence-electron chi connectivity index (χ0n) is 33.5. The Morgan fingerprint density at radius 2 is 1.83 bits per heavy atom. The summed E-state index contributed by atoms with van der Waals surface area (Å²) in [6.45, 7) is 8.52. The Hall–Kier alpha value is -4.41. The Balaban J connectivity index is 1.26. The number of nitrogens with one attached hydrogen (secondary N) is 3. The lowest BCUT2D eigenvalue weighted by Gasteiger charge is -2.37. The fraction of sp³-hybridized carbons (Fsp3) is 0.634. The van der Waals surface area contributed by atoms with Crippen LogP contribution >= 0.6 is 0 Å². The van der Waals surface area contributed by atoms with Crippen molar-refractivity contribution in [3.8, 4) is 5.75 Å². The standard InChI is InChI=1S/C41H52F3N5O8S/c1-23(2)25(4)56-37(53)46-30-12-10-8-6-7-9-11-26-20-40(26,36(52)48-58(54,55)38(5)17-18-38)47-34(50)31-21-39(22-49(31)35(30)51)16-15-27-28-19-24(3)13-14-29(28)45-33(32(27)57-39)41(42,43)44/h9,11,13-14,19,23,25-26,30-31H,6-8,10,12,15-18,20-22H2,1-5H3,(H,46,53)(H,47,50)(H,48,52)/b11-9-/t25-,26-,30+,31+,39-,40-/m1/s1. The lowest BCUT2D eigenvalue weighted by Crippen LogP contribution is -2.58. The molecule has 3 fully saturated rings. The van der Waals surface area contributed by atoms with Crippen molar-refractivity contribution in [1.29, 1.82) is 0 Å². The molecule has 1 aromatic carbocycles. The normalized spacial score (nSPS) is 29.5. The fourth-order valence-electron chi connectivity index (χ4n) is 8.32. The number of aromatic nitrogens is 1. The first-order valence-corrected chi connectivity index (χ1v) is 21.7. The van der Waals surface area contributed by atoms with Gasteiger partial charge in [0.05, 0.1) is 16.8 Å². The van der Waals surface area contributed by atoms with Crippen molar-refractivity contribution in [3.63, 3.8) is 0 Å². The number of hydrogen-bond donors (Lipinski definition) is 3. The SMILES string of the molecule is Cc1ccc2nc(C(F)(F)F)c3c(c2c1)CC[C@]1(C[C@H]2C(=O)N[C@]4(C(=O)NS(=O)(=O)C5(C)CC5)C[C@H]4/C=C\CCCCC[C@H](NC(=O)O[C@H](C)C(C)C)C(=O)N2C1)O3. The third-order valence-corrected chi connectivity index (χ3v) is 14.9. The largest absolute Gasteiger partial charge is 0.483 e. The number of rotatable bonds is 6. The van der Waals surface area contributed by atoms with E-state index >= 15 is 0 Å². The zero-order chi connectivity index (χ0) is 42.0. The van der Waals surface area contributed by atoms with E-state index in [0.717, 1.165) is 5.56 Å². The summed E-state index contributed by atoms with van der Waals surface area (Å²) in [5, 5.41) is 6.01. The summed E-state index contributed by atoms with van der Waals surface area (Å²) >= 11 is 0. The molecular weight excluding hydrogens is 780 g/mol. The van der Waals surface area contributed by atoms with E-state index < -0.39 is 91.5 Å². The minimum Gasteiger partial charge on any atom is -0.483 e. The Bertz CT molecular complexity index is 2160. The van der Waals surface area contributed by atoms with Gasteiger partial charge in [-0.25, -0.2) is 18.2 Å². The summed E-state index contributed by atoms with van der Waals surface area (Å²) in [5.41, 5.74) is -3.07. The number of amides is 4. The molecule has 316 valence electrons. The summed E-state index contributed by atoms with van der Waals surface area (Å²) in [6.07, 6.45) is 1.04. The number of fused-ring (bicyclic) bond motifs is 5. The molecule has 6 atom stereocenters. The van der Waals surface area contributed by atoms with Crippen molar-refractivity contribution >= 4 is 44.7 Å². The van der Waals surface area contributed by atoms with Crippen LogP contribution < -0.4 is 20.1 Å². The second-order valence-corrected chi connectivity index (χ2v) is 19.7. The monoisotopic (exact) mass is 831 g/mol. The van der Waals surface area contributed by atoms with E-state index in [9.17, 15) is 40.8 Å². The number of aryl methyl sites for hydroxylation is 2. The van der Waals surface area contributed by atoms with Gasteiger partial charge in [0.15, 0.2) is 11.4 Å². The molecule has 1 spiro atoms. The maximum absolute atomic E-state index is 14.7. The molecule has 4 amide bonds. The van der Waals surface area contributed by atoms with Crippen molar-refractivity contribution in [2.24, 2.45) is 11.8 Å². The molecule has 2 saturated carbocycles. The molecule has 17 heteroatoms. The Labute approximate surface area is 336 Å². The number of nitrogens with zero attached hydrogens (tertiary/aromatic N) is 2. The number of allylic oxidation sites excluding steroid dienone is 1. The zero-order valence-corrected chi connectivity index (χ0v) is 34.3. The maximum atomic E-state index is 14.7. The highest BCUT2D eigenvalue weighted by Crippen LogP contribution is 2.50. The highest BCUT2D eigenvalue weighted by atomic mass is 32.2. The van der Waals surface area contributed by atoms with Crippen LogP contribution in [0.4, 0.5) is 18.0 Å². The molecule has 0 unspecified atom stereocenters. The molecule has 2 aromatic rings. The number of alkyl carbamates (subject to hydrolysis) is 1. The van der Waals surface area contributed by atoms with Gasteiger partial charge in [0.1, 0.15) is 29.3 Å². The number of ether oxygens (including phenoxy) is 2. The van der Waals surface area contributed by atoms with Gasteiger partial charge in [-0.15, -0.1) is 0 Å². The van der Waals surface area contributed by atoms with E-state index in [2.05, 4.69) is 20.3 Å². The third kappa shape index (κ3) is 7.99. The van der Waals surface area contributed by atoms with Crippen LogP contribution in [0.15, 0.2) is 30.4 Å². The lowest BCUT2D eigenvalue weighted by molar-refractivity contribution is -0.144. The van der Waals surface area contributed by atoms with E-state index in [0.29, 0.717) is 49.5 Å². The van der Waals surface area contributed by atoms with E-state index in [1.807, 2.05) is 26.8 Å². The van der Waals surface area contributed by atoms with E-state index in [1.165, 1.54) is 17.9 Å². The van der Waals surface area contributed by atoms with Crippen molar-refractivity contribution in [2.75, 3.05) is 6.54 Å². The first-order valence-electron chi connectivity index (χ1n) is 20.2. The highest BCUT2D eigenvalue weighted by molar-refractivity contribution is 7.91. The number of hydrogen-bond acceptors (Lipinski definition) is 9. The van der Waals surface area contributed by atoms with E-state index in [1.54, 1.807) is 25.1 Å². The summed E-state index contributed by atoms with van der Waals surface area (Å²) < 4.78 is 83.6. The summed E-state index contributed by atoms with van der Waals surface area (Å²) in [7, 11) is -4.08. The molecule has 13 nitrogen and oxygen atoms in total. The first-order chi connectivity index (χ1) is 27.2. The number of pyridine rings is 1. The second kappa shape index (κ2) is 15.0. The molecule has 0 bridgehead atoms. The highest BCUT2D eigenvalue weighted by Gasteiger charge is 2.64. The molecule has 58 heavy (non-hydrogen) atoms. The van der Waals surface area contributed by atoms with Crippen LogP contribution in [0.1, 0.15) is 109 Å². The number of carbonyl (C=O) groups is 4. The van der Waals surface area contributed by atoms with Crippen molar-refractivity contribution < 1.29 is 50.2 Å². The number of halogens is 3. The smallest absolute Gasteiger partial charge is 0.437 e. The van der Waals surface area contributed by atoms with Crippen LogP contribution in [0.3, 0.4) is 0 Å². The van der Waals surface area contributed by atoms with Crippen LogP contribution in [0.2, 0.25) is 0 Å². The molecule has 3 N–H and O–H groups in total. The average molecular weight is 832 g/mol. The average Bonchev–Trinajstić information content (AvgIpc) is 4.04. The Morgan fingerprint density at radius 1 is 1.09 bits per heavy atom. The molecule has 4 heterocycles. The van der Waals surface area contributed by atoms with Crippen LogP contribution in [-0.2, 0) is 41.7 Å². The van der Waals surface area contributed by atoms with Crippen LogP contribution in [0.5, 0.6) is 5.75 Å². The molecular formula is C41H52F3N5O8S. The van der Waals surface area contributed by atoms with Gasteiger partial charge in [-0.2, -0.15) is 13.2 Å². The molecule has 1 saturated heterocycles. The van der Waals surface area contributed by atoms with Crippen molar-refractivity contribution in [1.82, 2.24) is 25.2 Å². The summed E-state index contributed by atoms with van der Waals surface area (Å²) in [6, 6.07) is 2.43. The van der Waals surface area contributed by atoms with Crippen molar-refractivity contribution in [3.05, 3.63) is 47.2 Å². The lowest BCUT2D eigenvalue weighted by atomic mass is 9.86. The minimum absolute atomic E-state index is 0.0183. The predicted molar refractivity (Wildman–Crippen MR) is 207 cm³/mol. The van der Waals surface area contributed by atoms with Crippen molar-refractivity contribution in [2.45, 2.75) is 145 Å². The fourth-order valence-corrected chi connectivity index (χ4v) is 9.63. The van der Waals surface area contributed by atoms with Gasteiger partial charge in [0.25, 0.3) is 5.91 Å². The summed E-state index contributed by atoms with van der Waals surface area (Å²) in [4.78, 5) is 61.7. The number of benzene rings is 1. The molecule has 2 aliphatic carbocycles. The quantitative estimate of drug-likeness (QED) is 0.306. The Kier molecular flexibility index (Phi) is 10.8. The second-order valence-electron chi connectivity index (χ2n) is 17.5. The molecule has 1 aromatic heterocycles. The van der Waals surface area contributed by atoms with E-state index in [-0.39, 0.29) is 50.1 Å². The maximum Gasteiger partial charge on any atom is 0.437 e.